The highest BCUT2D eigenvalue weighted by Gasteiger charge is 2.23. The number of nitro benzene ring substituents is 1. The second-order valence-electron chi connectivity index (χ2n) is 6.77. The number of carbonyl (C=O) groups excluding carboxylic acids is 1. The van der Waals surface area contributed by atoms with Gasteiger partial charge in [0.1, 0.15) is 5.69 Å². The van der Waals surface area contributed by atoms with Crippen LogP contribution in [0.2, 0.25) is 0 Å². The van der Waals surface area contributed by atoms with E-state index in [4.69, 9.17) is 12.2 Å². The zero-order chi connectivity index (χ0) is 21.7. The molecule has 1 fully saturated rings. The number of anilines is 2. The summed E-state index contributed by atoms with van der Waals surface area (Å²) >= 11 is 5.09. The number of hydrogen-bond acceptors (Lipinski definition) is 6. The third-order valence-corrected chi connectivity index (χ3v) is 4.97. The van der Waals surface area contributed by atoms with Gasteiger partial charge in [-0.1, -0.05) is 12.1 Å². The standard InChI is InChI=1S/C20H20N4O5S/c25-18(22-20(30)21-15-7-3-2-6-14(15)19(26)27)13-8-9-16(17(12-13)24(28)29)23-10-4-1-5-11-23/h2-3,6-9,12H,1,4-5,10-11H2,(H,26,27)(H2,21,22,25,30). The minimum Gasteiger partial charge on any atom is -0.478 e. The van der Waals surface area contributed by atoms with Crippen LogP contribution in [0.1, 0.15) is 40.0 Å². The summed E-state index contributed by atoms with van der Waals surface area (Å²) in [6.07, 6.45) is 3.04. The van der Waals surface area contributed by atoms with Crippen LogP contribution in [0.25, 0.3) is 0 Å². The van der Waals surface area contributed by atoms with E-state index in [9.17, 15) is 24.8 Å². The first-order valence-electron chi connectivity index (χ1n) is 9.35. The van der Waals surface area contributed by atoms with Crippen molar-refractivity contribution in [3.8, 4) is 0 Å². The molecule has 2 aromatic carbocycles. The summed E-state index contributed by atoms with van der Waals surface area (Å²) in [5, 5.41) is 25.8. The molecule has 0 aromatic heterocycles. The number of benzene rings is 2. The van der Waals surface area contributed by atoms with Gasteiger partial charge >= 0.3 is 5.97 Å². The average molecular weight is 428 g/mol. The average Bonchev–Trinajstić information content (AvgIpc) is 2.74. The molecule has 156 valence electrons. The molecule has 3 rings (SSSR count). The topological polar surface area (TPSA) is 125 Å². The van der Waals surface area contributed by atoms with Crippen molar-refractivity contribution in [1.82, 2.24) is 5.32 Å². The Balaban J connectivity index is 1.75. The van der Waals surface area contributed by atoms with Crippen molar-refractivity contribution in [1.29, 1.82) is 0 Å². The van der Waals surface area contributed by atoms with Gasteiger partial charge in [0.25, 0.3) is 11.6 Å². The molecule has 2 aromatic rings. The van der Waals surface area contributed by atoms with Crippen LogP contribution < -0.4 is 15.5 Å². The van der Waals surface area contributed by atoms with Gasteiger partial charge in [-0.05, 0) is 55.7 Å². The number of carbonyl (C=O) groups is 2. The molecule has 0 atom stereocenters. The predicted octanol–water partition coefficient (Wildman–Crippen LogP) is 3.41. The van der Waals surface area contributed by atoms with Crippen molar-refractivity contribution in [2.24, 2.45) is 0 Å². The first kappa shape index (κ1) is 21.2. The maximum atomic E-state index is 12.5. The molecule has 1 amide bonds. The monoisotopic (exact) mass is 428 g/mol. The number of para-hydroxylation sites is 1. The normalized spacial score (nSPS) is 13.4. The van der Waals surface area contributed by atoms with Crippen molar-refractivity contribution >= 4 is 46.3 Å². The highest BCUT2D eigenvalue weighted by molar-refractivity contribution is 7.80. The first-order chi connectivity index (χ1) is 14.4. The van der Waals surface area contributed by atoms with Crippen LogP contribution in [0.15, 0.2) is 42.5 Å². The van der Waals surface area contributed by atoms with Gasteiger partial charge in [0.15, 0.2) is 5.11 Å². The molecule has 3 N–H and O–H groups in total. The number of nitrogens with zero attached hydrogens (tertiary/aromatic N) is 2. The summed E-state index contributed by atoms with van der Waals surface area (Å²) < 4.78 is 0. The van der Waals surface area contributed by atoms with Crippen LogP contribution >= 0.6 is 12.2 Å². The van der Waals surface area contributed by atoms with Gasteiger partial charge in [0, 0.05) is 24.7 Å². The number of carboxylic acids is 1. The van der Waals surface area contributed by atoms with E-state index in [1.165, 1.54) is 24.3 Å². The second kappa shape index (κ2) is 9.31. The molecule has 0 bridgehead atoms. The van der Waals surface area contributed by atoms with Crippen molar-refractivity contribution in [3.63, 3.8) is 0 Å². The van der Waals surface area contributed by atoms with Crippen LogP contribution in [-0.2, 0) is 0 Å². The third-order valence-electron chi connectivity index (χ3n) is 4.76. The van der Waals surface area contributed by atoms with Crippen LogP contribution in [0, 0.1) is 10.1 Å². The van der Waals surface area contributed by atoms with Gasteiger partial charge in [-0.2, -0.15) is 0 Å². The van der Waals surface area contributed by atoms with Gasteiger partial charge in [-0.15, -0.1) is 0 Å². The molecule has 30 heavy (non-hydrogen) atoms. The first-order valence-corrected chi connectivity index (χ1v) is 9.75. The minimum absolute atomic E-state index is 0.00405. The van der Waals surface area contributed by atoms with Gasteiger partial charge in [0.2, 0.25) is 0 Å². The second-order valence-corrected chi connectivity index (χ2v) is 7.18. The smallest absolute Gasteiger partial charge is 0.337 e. The van der Waals surface area contributed by atoms with Crippen LogP contribution in [-0.4, -0.2) is 40.1 Å². The van der Waals surface area contributed by atoms with Gasteiger partial charge in [0.05, 0.1) is 16.2 Å². The van der Waals surface area contributed by atoms with E-state index in [1.807, 2.05) is 4.90 Å². The molecule has 0 radical (unpaired) electrons. The number of carboxylic acid groups (broad SMARTS) is 1. The molecule has 1 aliphatic heterocycles. The Morgan fingerprint density at radius 1 is 1.10 bits per heavy atom. The summed E-state index contributed by atoms with van der Waals surface area (Å²) in [5.74, 6) is -1.77. The minimum atomic E-state index is -1.14. The Morgan fingerprint density at radius 3 is 2.47 bits per heavy atom. The van der Waals surface area contributed by atoms with E-state index in [2.05, 4.69) is 10.6 Å². The lowest BCUT2D eigenvalue weighted by Gasteiger charge is -2.28. The van der Waals surface area contributed by atoms with E-state index in [-0.39, 0.29) is 27.6 Å². The van der Waals surface area contributed by atoms with E-state index in [0.717, 1.165) is 32.4 Å². The number of hydrogen-bond donors (Lipinski definition) is 3. The molecule has 10 heteroatoms. The number of piperidine rings is 1. The van der Waals surface area contributed by atoms with Gasteiger partial charge in [-0.25, -0.2) is 4.79 Å². The fourth-order valence-corrected chi connectivity index (χ4v) is 3.52. The zero-order valence-corrected chi connectivity index (χ0v) is 16.8. The number of thiocarbonyl (C=S) groups is 1. The molecule has 0 aliphatic carbocycles. The predicted molar refractivity (Wildman–Crippen MR) is 116 cm³/mol. The van der Waals surface area contributed by atoms with Crippen LogP contribution in [0.3, 0.4) is 0 Å². The number of nitrogens with one attached hydrogen (secondary N) is 2. The lowest BCUT2D eigenvalue weighted by atomic mass is 10.1. The summed E-state index contributed by atoms with van der Waals surface area (Å²) in [6, 6.07) is 10.4. The number of nitro groups is 1. The van der Waals surface area contributed by atoms with Crippen molar-refractivity contribution in [3.05, 3.63) is 63.7 Å². The molecule has 1 saturated heterocycles. The Kier molecular flexibility index (Phi) is 6.58. The number of aromatic carboxylic acids is 1. The molecule has 0 saturated carbocycles. The third kappa shape index (κ3) is 4.90. The maximum absolute atomic E-state index is 12.5. The SMILES string of the molecule is O=C(NC(=S)Nc1ccccc1C(=O)O)c1ccc(N2CCCCC2)c([N+](=O)[O-])c1. The molecule has 1 heterocycles. The van der Waals surface area contributed by atoms with E-state index in [0.29, 0.717) is 5.69 Å². The molecule has 0 unspecified atom stereocenters. The zero-order valence-electron chi connectivity index (χ0n) is 16.0. The van der Waals surface area contributed by atoms with Crippen LogP contribution in [0.4, 0.5) is 17.1 Å². The fraction of sp³-hybridized carbons (Fsp3) is 0.250. The maximum Gasteiger partial charge on any atom is 0.337 e. The summed E-state index contributed by atoms with van der Waals surface area (Å²) in [4.78, 5) is 36.8. The van der Waals surface area contributed by atoms with Gasteiger partial charge in [-0.3, -0.25) is 20.2 Å². The number of amides is 1. The molecule has 0 spiro atoms. The summed E-state index contributed by atoms with van der Waals surface area (Å²) in [7, 11) is 0. The molecular formula is C20H20N4O5S. The quantitative estimate of drug-likeness (QED) is 0.376. The van der Waals surface area contributed by atoms with E-state index >= 15 is 0 Å². The molecule has 1 aliphatic rings. The highest BCUT2D eigenvalue weighted by atomic mass is 32.1. The Morgan fingerprint density at radius 2 is 1.80 bits per heavy atom. The van der Waals surface area contributed by atoms with Crippen molar-refractivity contribution in [2.45, 2.75) is 19.3 Å². The fourth-order valence-electron chi connectivity index (χ4n) is 3.32. The molecular weight excluding hydrogens is 408 g/mol. The Hall–Kier alpha value is -3.53. The molecule has 9 nitrogen and oxygen atoms in total. The lowest BCUT2D eigenvalue weighted by Crippen LogP contribution is -2.34. The Labute approximate surface area is 177 Å². The number of rotatable bonds is 5. The summed E-state index contributed by atoms with van der Waals surface area (Å²) in [5.41, 5.74) is 0.655. The Bertz CT molecular complexity index is 1000. The van der Waals surface area contributed by atoms with Crippen molar-refractivity contribution < 1.29 is 19.6 Å². The summed E-state index contributed by atoms with van der Waals surface area (Å²) in [6.45, 7) is 1.48. The van der Waals surface area contributed by atoms with Crippen molar-refractivity contribution in [2.75, 3.05) is 23.3 Å². The van der Waals surface area contributed by atoms with Gasteiger partial charge < -0.3 is 15.3 Å². The van der Waals surface area contributed by atoms with Crippen LogP contribution in [0.5, 0.6) is 0 Å². The largest absolute Gasteiger partial charge is 0.478 e. The van der Waals surface area contributed by atoms with E-state index < -0.39 is 16.8 Å². The lowest BCUT2D eigenvalue weighted by molar-refractivity contribution is -0.384. The van der Waals surface area contributed by atoms with E-state index in [1.54, 1.807) is 18.2 Å². The highest BCUT2D eigenvalue weighted by Crippen LogP contribution is 2.31.